The van der Waals surface area contributed by atoms with E-state index < -0.39 is 51.9 Å². The van der Waals surface area contributed by atoms with E-state index in [1.54, 1.807) is 0 Å². The summed E-state index contributed by atoms with van der Waals surface area (Å²) in [5.74, 6) is 0.295. The first-order valence-electron chi connectivity index (χ1n) is 17.7. The molecular formula is C39H57N3O6S. The number of terminal acetylenes is 1. The van der Waals surface area contributed by atoms with Gasteiger partial charge in [-0.25, -0.2) is 8.42 Å². The highest BCUT2D eigenvalue weighted by Gasteiger charge is 2.34. The number of benzene rings is 2. The summed E-state index contributed by atoms with van der Waals surface area (Å²) in [4.78, 5) is 29.5. The molecule has 3 unspecified atom stereocenters. The van der Waals surface area contributed by atoms with E-state index >= 15 is 0 Å². The summed E-state index contributed by atoms with van der Waals surface area (Å²) in [5.41, 5.74) is 1.87. The zero-order valence-corrected chi connectivity index (χ0v) is 30.3. The van der Waals surface area contributed by atoms with Crippen LogP contribution in [0.5, 0.6) is 0 Å². The lowest BCUT2D eigenvalue weighted by Gasteiger charge is -2.33. The van der Waals surface area contributed by atoms with Crippen molar-refractivity contribution < 1.29 is 28.2 Å². The fourth-order valence-corrected chi connectivity index (χ4v) is 8.28. The van der Waals surface area contributed by atoms with Crippen molar-refractivity contribution in [2.75, 3.05) is 25.1 Å². The predicted molar refractivity (Wildman–Crippen MR) is 195 cm³/mol. The van der Waals surface area contributed by atoms with Gasteiger partial charge in [0, 0.05) is 19.5 Å². The molecule has 2 amide bonds. The highest BCUT2D eigenvalue weighted by atomic mass is 32.2. The summed E-state index contributed by atoms with van der Waals surface area (Å²) in [6, 6.07) is 17.1. The van der Waals surface area contributed by atoms with Crippen LogP contribution in [0.25, 0.3) is 0 Å². The van der Waals surface area contributed by atoms with Gasteiger partial charge in [-0.3, -0.25) is 9.59 Å². The quantitative estimate of drug-likeness (QED) is 0.153. The number of nitrogens with one attached hydrogen (secondary N) is 2. The lowest BCUT2D eigenvalue weighted by molar-refractivity contribution is -0.132. The molecule has 0 bridgehead atoms. The average molecular weight is 696 g/mol. The molecule has 1 fully saturated rings. The van der Waals surface area contributed by atoms with Crippen molar-refractivity contribution in [3.05, 3.63) is 71.8 Å². The summed E-state index contributed by atoms with van der Waals surface area (Å²) >= 11 is 0. The Morgan fingerprint density at radius 2 is 1.55 bits per heavy atom. The van der Waals surface area contributed by atoms with Crippen LogP contribution in [-0.4, -0.2) is 84.7 Å². The van der Waals surface area contributed by atoms with Crippen LogP contribution in [0.3, 0.4) is 0 Å². The average Bonchev–Trinajstić information content (AvgIpc) is 3.07. The number of rotatable bonds is 20. The number of aliphatic hydroxyl groups is 2. The molecule has 1 aliphatic rings. The SMILES string of the molecule is C#CC[C@H](NC(=O)C(Cc1ccccc1)CS(=O)(=O)CCN(C)Cc1ccccc1)C(=O)NC(CC1CCCCC1)[C@@H](O)C(O)CC(C)C. The van der Waals surface area contributed by atoms with E-state index in [0.717, 1.165) is 43.2 Å². The first-order chi connectivity index (χ1) is 23.4. The van der Waals surface area contributed by atoms with Gasteiger partial charge in [0.15, 0.2) is 9.84 Å². The van der Waals surface area contributed by atoms with Crippen LogP contribution in [0.4, 0.5) is 0 Å². The van der Waals surface area contributed by atoms with E-state index in [1.165, 1.54) is 0 Å². The van der Waals surface area contributed by atoms with Gasteiger partial charge in [0.25, 0.3) is 0 Å². The van der Waals surface area contributed by atoms with Crippen molar-refractivity contribution >= 4 is 21.7 Å². The van der Waals surface area contributed by atoms with Gasteiger partial charge in [-0.1, -0.05) is 107 Å². The molecule has 4 N–H and O–H groups in total. The molecule has 0 saturated heterocycles. The Kier molecular flexibility index (Phi) is 16.8. The largest absolute Gasteiger partial charge is 0.390 e. The van der Waals surface area contributed by atoms with E-state index in [4.69, 9.17) is 6.42 Å². The Balaban J connectivity index is 1.74. The molecule has 3 rings (SSSR count). The second-order valence-electron chi connectivity index (χ2n) is 14.2. The number of carbonyl (C=O) groups is 2. The van der Waals surface area contributed by atoms with Crippen LogP contribution in [0.1, 0.15) is 76.3 Å². The zero-order valence-electron chi connectivity index (χ0n) is 29.5. The lowest BCUT2D eigenvalue weighted by Crippen LogP contribution is -2.56. The molecule has 0 radical (unpaired) electrons. The summed E-state index contributed by atoms with van der Waals surface area (Å²) in [6.45, 7) is 4.81. The molecule has 2 aromatic rings. The van der Waals surface area contributed by atoms with Crippen LogP contribution in [0.15, 0.2) is 60.7 Å². The number of hydrogen-bond acceptors (Lipinski definition) is 7. The minimum absolute atomic E-state index is 0.118. The van der Waals surface area contributed by atoms with E-state index in [-0.39, 0.29) is 30.3 Å². The normalized spacial score (nSPS) is 17.1. The number of aliphatic hydroxyl groups excluding tert-OH is 2. The van der Waals surface area contributed by atoms with Crippen molar-refractivity contribution in [2.24, 2.45) is 17.8 Å². The Hall–Kier alpha value is -3.23. The second-order valence-corrected chi connectivity index (χ2v) is 16.5. The Morgan fingerprint density at radius 1 is 0.939 bits per heavy atom. The molecule has 0 aliphatic heterocycles. The van der Waals surface area contributed by atoms with Crippen LogP contribution >= 0.6 is 0 Å². The molecular weight excluding hydrogens is 639 g/mol. The second kappa shape index (κ2) is 20.4. The van der Waals surface area contributed by atoms with Crippen LogP contribution < -0.4 is 10.6 Å². The van der Waals surface area contributed by atoms with Crippen molar-refractivity contribution in [2.45, 2.75) is 102 Å². The summed E-state index contributed by atoms with van der Waals surface area (Å²) in [6.07, 6.45) is 9.66. The number of nitrogens with zero attached hydrogens (tertiary/aromatic N) is 1. The number of sulfone groups is 1. The molecule has 0 aromatic heterocycles. The maximum absolute atomic E-state index is 13.8. The maximum atomic E-state index is 13.8. The Morgan fingerprint density at radius 3 is 2.14 bits per heavy atom. The molecule has 9 nitrogen and oxygen atoms in total. The van der Waals surface area contributed by atoms with Gasteiger partial charge in [0.05, 0.1) is 29.6 Å². The van der Waals surface area contributed by atoms with Gasteiger partial charge in [0.2, 0.25) is 11.8 Å². The fraction of sp³-hybridized carbons (Fsp3) is 0.590. The third-order valence-electron chi connectivity index (χ3n) is 9.34. The van der Waals surface area contributed by atoms with Gasteiger partial charge in [-0.15, -0.1) is 12.3 Å². The van der Waals surface area contributed by atoms with Gasteiger partial charge >= 0.3 is 0 Å². The Bertz CT molecular complexity index is 1420. The lowest BCUT2D eigenvalue weighted by atomic mass is 9.82. The molecule has 270 valence electrons. The fourth-order valence-electron chi connectivity index (χ4n) is 6.64. The standard InChI is InChI=1S/C39H57N3O6S/c1-5-15-34(39(46)41-35(26-31-18-11-7-12-19-31)37(44)36(43)24-29(2)3)40-38(45)33(25-30-16-9-6-10-17-30)28-49(47,48)23-22-42(4)27-32-20-13-8-14-21-32/h1,6,8-10,13-14,16-17,20-21,29,31,33-37,43-44H,7,11-12,15,18-19,22-28H2,2-4H3,(H,40,45)(H,41,46)/t33?,34-,35?,36?,37+/m0/s1. The zero-order chi connectivity index (χ0) is 35.8. The highest BCUT2D eigenvalue weighted by molar-refractivity contribution is 7.91. The summed E-state index contributed by atoms with van der Waals surface area (Å²) in [5, 5.41) is 27.7. The molecule has 1 aliphatic carbocycles. The number of amides is 2. The van der Waals surface area contributed by atoms with Gasteiger partial charge in [-0.05, 0) is 49.3 Å². The van der Waals surface area contributed by atoms with Gasteiger partial charge in [0.1, 0.15) is 12.1 Å². The first-order valence-corrected chi connectivity index (χ1v) is 19.6. The maximum Gasteiger partial charge on any atom is 0.243 e. The topological polar surface area (TPSA) is 136 Å². The summed E-state index contributed by atoms with van der Waals surface area (Å²) < 4.78 is 26.8. The molecule has 0 spiro atoms. The molecule has 1 saturated carbocycles. The van der Waals surface area contributed by atoms with Crippen molar-refractivity contribution in [3.8, 4) is 12.3 Å². The van der Waals surface area contributed by atoms with E-state index in [2.05, 4.69) is 16.6 Å². The Labute approximate surface area is 294 Å². The number of carbonyl (C=O) groups excluding carboxylic acids is 2. The monoisotopic (exact) mass is 695 g/mol. The van der Waals surface area contributed by atoms with Crippen LogP contribution in [0.2, 0.25) is 0 Å². The van der Waals surface area contributed by atoms with Crippen molar-refractivity contribution in [1.29, 1.82) is 0 Å². The van der Waals surface area contributed by atoms with E-state index in [9.17, 15) is 28.2 Å². The van der Waals surface area contributed by atoms with Crippen molar-refractivity contribution in [3.63, 3.8) is 0 Å². The van der Waals surface area contributed by atoms with Crippen LogP contribution in [-0.2, 0) is 32.4 Å². The molecule has 49 heavy (non-hydrogen) atoms. The third-order valence-corrected chi connectivity index (χ3v) is 11.1. The molecule has 10 heteroatoms. The van der Waals surface area contributed by atoms with E-state index in [1.807, 2.05) is 86.5 Å². The smallest absolute Gasteiger partial charge is 0.243 e. The van der Waals surface area contributed by atoms with Crippen LogP contribution in [0, 0.1) is 30.1 Å². The first kappa shape index (κ1) is 40.2. The molecule has 0 heterocycles. The number of hydrogen-bond donors (Lipinski definition) is 4. The van der Waals surface area contributed by atoms with Gasteiger partial charge in [-0.2, -0.15) is 0 Å². The minimum Gasteiger partial charge on any atom is -0.390 e. The minimum atomic E-state index is -3.67. The predicted octanol–water partition coefficient (Wildman–Crippen LogP) is 4.12. The summed E-state index contributed by atoms with van der Waals surface area (Å²) in [7, 11) is -1.81. The van der Waals surface area contributed by atoms with Crippen molar-refractivity contribution in [1.82, 2.24) is 15.5 Å². The third kappa shape index (κ3) is 14.6. The van der Waals surface area contributed by atoms with E-state index in [0.29, 0.717) is 31.8 Å². The molecule has 5 atom stereocenters. The van der Waals surface area contributed by atoms with Gasteiger partial charge < -0.3 is 25.7 Å². The molecule has 2 aromatic carbocycles. The highest BCUT2D eigenvalue weighted by Crippen LogP contribution is 2.29.